The molecule has 0 unspecified atom stereocenters. The van der Waals surface area contributed by atoms with E-state index in [1.54, 1.807) is 12.1 Å². The van der Waals surface area contributed by atoms with Crippen LogP contribution >= 0.6 is 11.6 Å². The lowest BCUT2D eigenvalue weighted by Crippen LogP contribution is -2.37. The van der Waals surface area contributed by atoms with Gasteiger partial charge in [-0.25, -0.2) is 0 Å². The van der Waals surface area contributed by atoms with Crippen molar-refractivity contribution in [3.63, 3.8) is 0 Å². The molecule has 0 radical (unpaired) electrons. The normalized spacial score (nSPS) is 14.7. The molecule has 1 fully saturated rings. The third kappa shape index (κ3) is 6.86. The lowest BCUT2D eigenvalue weighted by Gasteiger charge is -2.26. The predicted octanol–water partition coefficient (Wildman–Crippen LogP) is 3.62. The molecule has 0 atom stereocenters. The number of rotatable bonds is 8. The van der Waals surface area contributed by atoms with E-state index in [9.17, 15) is 4.79 Å². The summed E-state index contributed by atoms with van der Waals surface area (Å²) >= 11 is 5.87. The number of anilines is 1. The van der Waals surface area contributed by atoms with Crippen molar-refractivity contribution in [3.8, 4) is 5.75 Å². The monoisotopic (exact) mass is 388 g/mol. The molecule has 0 saturated carbocycles. The van der Waals surface area contributed by atoms with Gasteiger partial charge in [-0.1, -0.05) is 29.8 Å². The van der Waals surface area contributed by atoms with Crippen molar-refractivity contribution in [1.82, 2.24) is 4.90 Å². The molecule has 0 aromatic heterocycles. The van der Waals surface area contributed by atoms with Crippen LogP contribution in [0.4, 0.5) is 5.69 Å². The van der Waals surface area contributed by atoms with Crippen molar-refractivity contribution in [2.75, 3.05) is 44.8 Å². The molecule has 1 N–H and O–H groups in total. The van der Waals surface area contributed by atoms with Gasteiger partial charge in [-0.3, -0.25) is 9.69 Å². The number of ether oxygens (including phenoxy) is 2. The van der Waals surface area contributed by atoms with Crippen LogP contribution in [-0.4, -0.2) is 50.3 Å². The van der Waals surface area contributed by atoms with Gasteiger partial charge in [0.2, 0.25) is 5.91 Å². The lowest BCUT2D eigenvalue weighted by atomic mass is 10.1. The number of hydrogen-bond donors (Lipinski definition) is 1. The molecule has 1 heterocycles. The third-order valence-corrected chi connectivity index (χ3v) is 4.64. The zero-order valence-electron chi connectivity index (χ0n) is 15.3. The maximum Gasteiger partial charge on any atom is 0.228 e. The number of morpholine rings is 1. The van der Waals surface area contributed by atoms with Gasteiger partial charge in [-0.15, -0.1) is 0 Å². The first-order chi connectivity index (χ1) is 13.2. The number of halogens is 1. The van der Waals surface area contributed by atoms with Crippen molar-refractivity contribution >= 4 is 23.2 Å². The van der Waals surface area contributed by atoms with Crippen LogP contribution in [0.2, 0.25) is 5.02 Å². The van der Waals surface area contributed by atoms with E-state index in [0.29, 0.717) is 18.1 Å². The van der Waals surface area contributed by atoms with Crippen LogP contribution in [0.1, 0.15) is 12.0 Å². The minimum atomic E-state index is -0.0678. The van der Waals surface area contributed by atoms with E-state index in [1.165, 1.54) is 0 Å². The molecule has 0 aliphatic carbocycles. The Labute approximate surface area is 165 Å². The average molecular weight is 389 g/mol. The van der Waals surface area contributed by atoms with Crippen molar-refractivity contribution in [2.45, 2.75) is 12.8 Å². The van der Waals surface area contributed by atoms with Gasteiger partial charge in [0.1, 0.15) is 5.75 Å². The number of hydrogen-bond acceptors (Lipinski definition) is 4. The van der Waals surface area contributed by atoms with Gasteiger partial charge in [0, 0.05) is 36.4 Å². The van der Waals surface area contributed by atoms with E-state index in [0.717, 1.165) is 56.3 Å². The summed E-state index contributed by atoms with van der Waals surface area (Å²) in [6.45, 7) is 5.29. The van der Waals surface area contributed by atoms with E-state index in [1.807, 2.05) is 36.4 Å². The fourth-order valence-corrected chi connectivity index (χ4v) is 3.09. The second-order valence-electron chi connectivity index (χ2n) is 6.54. The second kappa shape index (κ2) is 10.3. The van der Waals surface area contributed by atoms with Crippen molar-refractivity contribution in [3.05, 3.63) is 59.1 Å². The largest absolute Gasteiger partial charge is 0.493 e. The number of amides is 1. The minimum absolute atomic E-state index is 0.0678. The topological polar surface area (TPSA) is 50.8 Å². The molecular formula is C21H25ClN2O3. The fraction of sp³-hybridized carbons (Fsp3) is 0.381. The molecular weight excluding hydrogens is 364 g/mol. The van der Waals surface area contributed by atoms with Crippen LogP contribution in [0.25, 0.3) is 0 Å². The highest BCUT2D eigenvalue weighted by atomic mass is 35.5. The number of carbonyl (C=O) groups excluding carboxylic acids is 1. The summed E-state index contributed by atoms with van der Waals surface area (Å²) in [7, 11) is 0. The Morgan fingerprint density at radius 1 is 1.15 bits per heavy atom. The number of nitrogens with zero attached hydrogens (tertiary/aromatic N) is 1. The molecule has 3 rings (SSSR count). The first kappa shape index (κ1) is 19.7. The molecule has 1 amide bonds. The quantitative estimate of drug-likeness (QED) is 0.702. The first-order valence-electron chi connectivity index (χ1n) is 9.26. The van der Waals surface area contributed by atoms with Crippen LogP contribution in [0, 0.1) is 0 Å². The summed E-state index contributed by atoms with van der Waals surface area (Å²) in [5.41, 5.74) is 1.66. The summed E-state index contributed by atoms with van der Waals surface area (Å²) in [5, 5.41) is 3.58. The Kier molecular flexibility index (Phi) is 7.51. The molecule has 1 aliphatic heterocycles. The summed E-state index contributed by atoms with van der Waals surface area (Å²) in [6.07, 6.45) is 1.27. The van der Waals surface area contributed by atoms with Crippen molar-refractivity contribution < 1.29 is 14.3 Å². The fourth-order valence-electron chi connectivity index (χ4n) is 2.96. The van der Waals surface area contributed by atoms with E-state index < -0.39 is 0 Å². The third-order valence-electron chi connectivity index (χ3n) is 4.39. The Morgan fingerprint density at radius 3 is 2.70 bits per heavy atom. The van der Waals surface area contributed by atoms with Crippen LogP contribution in [0.5, 0.6) is 5.75 Å². The predicted molar refractivity (Wildman–Crippen MR) is 108 cm³/mol. The minimum Gasteiger partial charge on any atom is -0.493 e. The van der Waals surface area contributed by atoms with Gasteiger partial charge in [-0.2, -0.15) is 0 Å². The molecule has 27 heavy (non-hydrogen) atoms. The van der Waals surface area contributed by atoms with Gasteiger partial charge in [0.15, 0.2) is 0 Å². The van der Waals surface area contributed by atoms with E-state index in [4.69, 9.17) is 21.1 Å². The highest BCUT2D eigenvalue weighted by molar-refractivity contribution is 6.30. The zero-order chi connectivity index (χ0) is 18.9. The SMILES string of the molecule is O=C(Cc1ccc(Cl)cc1)Nc1cccc(OCCCN2CCOCC2)c1. The molecule has 2 aromatic carbocycles. The summed E-state index contributed by atoms with van der Waals surface area (Å²) in [5.74, 6) is 0.697. The van der Waals surface area contributed by atoms with Crippen LogP contribution in [0.15, 0.2) is 48.5 Å². The van der Waals surface area contributed by atoms with Crippen molar-refractivity contribution in [2.24, 2.45) is 0 Å². The smallest absolute Gasteiger partial charge is 0.228 e. The first-order valence-corrected chi connectivity index (χ1v) is 9.64. The summed E-state index contributed by atoms with van der Waals surface area (Å²) < 4.78 is 11.2. The molecule has 1 aliphatic rings. The molecule has 2 aromatic rings. The van der Waals surface area contributed by atoms with Gasteiger partial charge in [-0.05, 0) is 36.2 Å². The van der Waals surface area contributed by atoms with Gasteiger partial charge >= 0.3 is 0 Å². The highest BCUT2D eigenvalue weighted by Gasteiger charge is 2.09. The molecule has 144 valence electrons. The van der Waals surface area contributed by atoms with Crippen LogP contribution in [-0.2, 0) is 16.0 Å². The summed E-state index contributed by atoms with van der Waals surface area (Å²) in [4.78, 5) is 14.6. The average Bonchev–Trinajstić information content (AvgIpc) is 2.68. The molecule has 5 nitrogen and oxygen atoms in total. The van der Waals surface area contributed by atoms with Crippen LogP contribution in [0.3, 0.4) is 0 Å². The van der Waals surface area contributed by atoms with E-state index in [-0.39, 0.29) is 5.91 Å². The molecule has 6 heteroatoms. The maximum absolute atomic E-state index is 12.2. The second-order valence-corrected chi connectivity index (χ2v) is 6.97. The number of carbonyl (C=O) groups is 1. The molecule has 0 bridgehead atoms. The Balaban J connectivity index is 1.42. The zero-order valence-corrected chi connectivity index (χ0v) is 16.1. The number of nitrogens with one attached hydrogen (secondary N) is 1. The lowest BCUT2D eigenvalue weighted by molar-refractivity contribution is -0.115. The van der Waals surface area contributed by atoms with E-state index in [2.05, 4.69) is 10.2 Å². The molecule has 1 saturated heterocycles. The van der Waals surface area contributed by atoms with Gasteiger partial charge in [0.25, 0.3) is 0 Å². The Bertz CT molecular complexity index is 730. The van der Waals surface area contributed by atoms with E-state index >= 15 is 0 Å². The van der Waals surface area contributed by atoms with Gasteiger partial charge < -0.3 is 14.8 Å². The maximum atomic E-state index is 12.2. The standard InChI is InChI=1S/C21H25ClN2O3/c22-18-7-5-17(6-8-18)15-21(25)23-19-3-1-4-20(16-19)27-12-2-9-24-10-13-26-14-11-24/h1,3-8,16H,2,9-15H2,(H,23,25). The Morgan fingerprint density at radius 2 is 1.93 bits per heavy atom. The summed E-state index contributed by atoms with van der Waals surface area (Å²) in [6, 6.07) is 14.8. The van der Waals surface area contributed by atoms with Crippen LogP contribution < -0.4 is 10.1 Å². The Hall–Kier alpha value is -2.08. The number of benzene rings is 2. The molecule has 0 spiro atoms. The van der Waals surface area contributed by atoms with Gasteiger partial charge in [0.05, 0.1) is 26.2 Å². The highest BCUT2D eigenvalue weighted by Crippen LogP contribution is 2.18. The van der Waals surface area contributed by atoms with Crippen molar-refractivity contribution in [1.29, 1.82) is 0 Å².